The molecule has 3 aromatic rings. The molecule has 3 rings (SSSR count). The molecule has 6 nitrogen and oxygen atoms in total. The molecule has 31 heavy (non-hydrogen) atoms. The molecule has 0 aliphatic heterocycles. The van der Waals surface area contributed by atoms with Gasteiger partial charge in [0.05, 0.1) is 26.0 Å². The van der Waals surface area contributed by atoms with Gasteiger partial charge in [-0.25, -0.2) is 4.98 Å². The number of hydrogen-bond acceptors (Lipinski definition) is 4. The first-order valence-electron chi connectivity index (χ1n) is 10.5. The summed E-state index contributed by atoms with van der Waals surface area (Å²) in [5.74, 6) is 2.20. The Bertz CT molecular complexity index is 974. The van der Waals surface area contributed by atoms with Crippen LogP contribution in [-0.4, -0.2) is 18.0 Å². The van der Waals surface area contributed by atoms with E-state index in [4.69, 9.17) is 9.15 Å². The molecular weight excluding hydrogens is 388 g/mol. The summed E-state index contributed by atoms with van der Waals surface area (Å²) in [5, 5.41) is 6.61. The average Bonchev–Trinajstić information content (AvgIpc) is 3.25. The number of aliphatic imine (C=N–C) groups is 1. The molecular formula is C25H32N4O2. The average molecular weight is 421 g/mol. The summed E-state index contributed by atoms with van der Waals surface area (Å²) in [4.78, 5) is 8.65. The van der Waals surface area contributed by atoms with Gasteiger partial charge in [-0.15, -0.1) is 0 Å². The second kappa shape index (κ2) is 10.8. The van der Waals surface area contributed by atoms with Gasteiger partial charge < -0.3 is 19.8 Å². The minimum Gasteiger partial charge on any atom is -0.443 e. The zero-order valence-corrected chi connectivity index (χ0v) is 18.8. The van der Waals surface area contributed by atoms with E-state index in [1.165, 1.54) is 11.1 Å². The van der Waals surface area contributed by atoms with Crippen molar-refractivity contribution in [2.75, 3.05) is 7.05 Å². The highest BCUT2D eigenvalue weighted by Crippen LogP contribution is 2.22. The van der Waals surface area contributed by atoms with Crippen molar-refractivity contribution >= 4 is 5.96 Å². The predicted octanol–water partition coefficient (Wildman–Crippen LogP) is 4.55. The Hall–Kier alpha value is -3.12. The van der Waals surface area contributed by atoms with Gasteiger partial charge in [-0.05, 0) is 16.7 Å². The van der Waals surface area contributed by atoms with Crippen LogP contribution in [0.15, 0.2) is 70.2 Å². The summed E-state index contributed by atoms with van der Waals surface area (Å²) in [6, 6.07) is 18.5. The van der Waals surface area contributed by atoms with E-state index in [9.17, 15) is 0 Å². The van der Waals surface area contributed by atoms with E-state index in [0.29, 0.717) is 38.2 Å². The van der Waals surface area contributed by atoms with Crippen LogP contribution >= 0.6 is 0 Å². The number of nitrogens with zero attached hydrogens (tertiary/aromatic N) is 2. The zero-order chi connectivity index (χ0) is 22.1. The van der Waals surface area contributed by atoms with E-state index < -0.39 is 0 Å². The molecule has 164 valence electrons. The fourth-order valence-corrected chi connectivity index (χ4v) is 3.02. The van der Waals surface area contributed by atoms with Gasteiger partial charge in [0, 0.05) is 19.0 Å². The first-order valence-corrected chi connectivity index (χ1v) is 10.5. The van der Waals surface area contributed by atoms with Crippen LogP contribution in [0, 0.1) is 0 Å². The topological polar surface area (TPSA) is 71.7 Å². The molecule has 0 radical (unpaired) electrons. The molecule has 1 aromatic heterocycles. The Morgan fingerprint density at radius 3 is 2.29 bits per heavy atom. The van der Waals surface area contributed by atoms with E-state index >= 15 is 0 Å². The lowest BCUT2D eigenvalue weighted by atomic mass is 9.94. The molecule has 1 heterocycles. The van der Waals surface area contributed by atoms with Crippen LogP contribution < -0.4 is 10.6 Å². The van der Waals surface area contributed by atoms with Gasteiger partial charge >= 0.3 is 0 Å². The first kappa shape index (κ1) is 22.6. The number of oxazole rings is 1. The third-order valence-corrected chi connectivity index (χ3v) is 4.86. The molecule has 0 atom stereocenters. The minimum absolute atomic E-state index is 0.0581. The Morgan fingerprint density at radius 2 is 1.61 bits per heavy atom. The third kappa shape index (κ3) is 6.96. The van der Waals surface area contributed by atoms with Crippen molar-refractivity contribution in [3.63, 3.8) is 0 Å². The maximum atomic E-state index is 5.92. The summed E-state index contributed by atoms with van der Waals surface area (Å²) < 4.78 is 11.8. The molecule has 0 unspecified atom stereocenters. The fourth-order valence-electron chi connectivity index (χ4n) is 3.02. The molecule has 6 heteroatoms. The number of hydrogen-bond donors (Lipinski definition) is 2. The Balaban J connectivity index is 1.50. The molecule has 0 amide bonds. The quantitative estimate of drug-likeness (QED) is 0.413. The number of guanidine groups is 1. The van der Waals surface area contributed by atoms with E-state index in [1.54, 1.807) is 13.2 Å². The van der Waals surface area contributed by atoms with Gasteiger partial charge in [-0.2, -0.15) is 0 Å². The highest BCUT2D eigenvalue weighted by Gasteiger charge is 2.19. The van der Waals surface area contributed by atoms with Gasteiger partial charge in [0.1, 0.15) is 5.76 Å². The van der Waals surface area contributed by atoms with Crippen LogP contribution in [0.1, 0.15) is 49.1 Å². The van der Waals surface area contributed by atoms with Crippen molar-refractivity contribution < 1.29 is 9.15 Å². The summed E-state index contributed by atoms with van der Waals surface area (Å²) in [6.45, 7) is 8.58. The number of ether oxygens (including phenoxy) is 1. The molecule has 2 N–H and O–H groups in total. The maximum Gasteiger partial charge on any atom is 0.213 e. The van der Waals surface area contributed by atoms with Crippen LogP contribution in [0.3, 0.4) is 0 Å². The van der Waals surface area contributed by atoms with Crippen molar-refractivity contribution in [2.45, 2.75) is 52.5 Å². The molecule has 0 aliphatic carbocycles. The normalized spacial score (nSPS) is 12.1. The summed E-state index contributed by atoms with van der Waals surface area (Å²) in [7, 11) is 1.75. The van der Waals surface area contributed by atoms with Gasteiger partial charge in [-0.3, -0.25) is 4.99 Å². The van der Waals surface area contributed by atoms with Crippen LogP contribution in [0.25, 0.3) is 0 Å². The molecule has 0 spiro atoms. The van der Waals surface area contributed by atoms with Crippen LogP contribution in [0.2, 0.25) is 0 Å². The lowest BCUT2D eigenvalue weighted by Gasteiger charge is -2.14. The molecule has 0 fully saturated rings. The SMILES string of the molecule is CN=C(NCc1ncc(C(C)(C)C)o1)NCc1ccccc1COCc1ccccc1. The maximum absolute atomic E-state index is 5.92. The molecule has 0 saturated heterocycles. The first-order chi connectivity index (χ1) is 15.0. The van der Waals surface area contributed by atoms with Gasteiger partial charge in [-0.1, -0.05) is 75.4 Å². The number of rotatable bonds is 8. The van der Waals surface area contributed by atoms with Crippen molar-refractivity contribution in [3.8, 4) is 0 Å². The van der Waals surface area contributed by atoms with Crippen LogP contribution in [0.4, 0.5) is 0 Å². The van der Waals surface area contributed by atoms with Crippen molar-refractivity contribution in [2.24, 2.45) is 4.99 Å². The summed E-state index contributed by atoms with van der Waals surface area (Å²) in [5.41, 5.74) is 3.44. The van der Waals surface area contributed by atoms with E-state index in [0.717, 1.165) is 11.3 Å². The Labute approximate surface area is 184 Å². The fraction of sp³-hybridized carbons (Fsp3) is 0.360. The lowest BCUT2D eigenvalue weighted by Crippen LogP contribution is -2.36. The van der Waals surface area contributed by atoms with Gasteiger partial charge in [0.15, 0.2) is 5.96 Å². The summed E-state index contributed by atoms with van der Waals surface area (Å²) >= 11 is 0. The highest BCUT2D eigenvalue weighted by atomic mass is 16.5. The third-order valence-electron chi connectivity index (χ3n) is 4.86. The van der Waals surface area contributed by atoms with Crippen molar-refractivity contribution in [1.82, 2.24) is 15.6 Å². The molecule has 0 saturated carbocycles. The van der Waals surface area contributed by atoms with Crippen molar-refractivity contribution in [3.05, 3.63) is 89.1 Å². The molecule has 0 bridgehead atoms. The Morgan fingerprint density at radius 1 is 0.935 bits per heavy atom. The van der Waals surface area contributed by atoms with Gasteiger partial charge in [0.25, 0.3) is 0 Å². The lowest BCUT2D eigenvalue weighted by molar-refractivity contribution is 0.106. The molecule has 0 aliphatic rings. The largest absolute Gasteiger partial charge is 0.443 e. The second-order valence-corrected chi connectivity index (χ2v) is 8.39. The van der Waals surface area contributed by atoms with Crippen molar-refractivity contribution in [1.29, 1.82) is 0 Å². The monoisotopic (exact) mass is 420 g/mol. The van der Waals surface area contributed by atoms with Gasteiger partial charge in [0.2, 0.25) is 5.89 Å². The van der Waals surface area contributed by atoms with Crippen LogP contribution in [-0.2, 0) is 36.5 Å². The number of benzene rings is 2. The smallest absolute Gasteiger partial charge is 0.213 e. The zero-order valence-electron chi connectivity index (χ0n) is 18.8. The van der Waals surface area contributed by atoms with E-state index in [1.807, 2.05) is 30.3 Å². The second-order valence-electron chi connectivity index (χ2n) is 8.39. The number of aromatic nitrogens is 1. The Kier molecular flexibility index (Phi) is 7.84. The van der Waals surface area contributed by atoms with Crippen LogP contribution in [0.5, 0.6) is 0 Å². The molecule has 2 aromatic carbocycles. The highest BCUT2D eigenvalue weighted by molar-refractivity contribution is 5.79. The van der Waals surface area contributed by atoms with E-state index in [2.05, 4.69) is 65.6 Å². The summed E-state index contributed by atoms with van der Waals surface area (Å²) in [6.07, 6.45) is 1.79. The van der Waals surface area contributed by atoms with E-state index in [-0.39, 0.29) is 5.41 Å². The minimum atomic E-state index is -0.0581. The standard InChI is InChI=1S/C25H32N4O2/c1-25(2,3)22-15-27-23(31-22)16-29-24(26-4)28-14-20-12-8-9-13-21(20)18-30-17-19-10-6-5-7-11-19/h5-13,15H,14,16-18H2,1-4H3,(H2,26,28,29). The predicted molar refractivity (Wildman–Crippen MR) is 124 cm³/mol. The number of nitrogens with one attached hydrogen (secondary N) is 2.